The van der Waals surface area contributed by atoms with Crippen molar-refractivity contribution in [1.29, 1.82) is 0 Å². The van der Waals surface area contributed by atoms with Crippen molar-refractivity contribution in [2.75, 3.05) is 32.8 Å². The third-order valence-electron chi connectivity index (χ3n) is 3.49. The molecule has 1 unspecified atom stereocenters. The van der Waals surface area contributed by atoms with E-state index in [9.17, 15) is 4.79 Å². The quantitative estimate of drug-likeness (QED) is 0.852. The fourth-order valence-corrected chi connectivity index (χ4v) is 2.43. The van der Waals surface area contributed by atoms with Gasteiger partial charge in [0.1, 0.15) is 5.58 Å². The lowest BCUT2D eigenvalue weighted by Gasteiger charge is -2.31. The second-order valence-electron chi connectivity index (χ2n) is 4.98. The topological polar surface area (TPSA) is 62.9 Å². The average Bonchev–Trinajstić information content (AvgIpc) is 2.91. The summed E-state index contributed by atoms with van der Waals surface area (Å²) in [6, 6.07) is 9.35. The first-order valence-corrected chi connectivity index (χ1v) is 6.73. The molecule has 1 N–H and O–H groups in total. The van der Waals surface area contributed by atoms with Crippen LogP contribution in [0, 0.1) is 0 Å². The summed E-state index contributed by atoms with van der Waals surface area (Å²) in [6.45, 7) is 2.08. The van der Waals surface area contributed by atoms with Gasteiger partial charge in [0.2, 0.25) is 5.78 Å². The van der Waals surface area contributed by atoms with E-state index in [1.165, 1.54) is 0 Å². The molecule has 0 saturated carbocycles. The normalized spacial score (nSPS) is 20.4. The number of benzene rings is 1. The molecule has 1 aromatic carbocycles. The van der Waals surface area contributed by atoms with Crippen LogP contribution in [0.3, 0.4) is 0 Å². The number of nitrogens with zero attached hydrogens (tertiary/aromatic N) is 1. The Morgan fingerprint density at radius 3 is 3.05 bits per heavy atom. The number of hydrogen-bond donors (Lipinski definition) is 1. The second kappa shape index (κ2) is 5.75. The van der Waals surface area contributed by atoms with E-state index in [4.69, 9.17) is 14.3 Å². The van der Waals surface area contributed by atoms with Gasteiger partial charge in [-0.1, -0.05) is 18.2 Å². The molecule has 3 rings (SSSR count). The number of morpholine rings is 1. The van der Waals surface area contributed by atoms with E-state index in [1.54, 1.807) is 6.07 Å². The molecular formula is C15H17NO4. The molecule has 20 heavy (non-hydrogen) atoms. The monoisotopic (exact) mass is 275 g/mol. The standard InChI is InChI=1S/C15H17NO4/c17-10-12-8-16(5-6-19-12)9-13(18)15-7-11-3-1-2-4-14(11)20-15/h1-4,7,12,17H,5-6,8-10H2. The Hall–Kier alpha value is -1.69. The van der Waals surface area contributed by atoms with Crippen LogP contribution in [0.4, 0.5) is 0 Å². The number of carbonyl (C=O) groups is 1. The van der Waals surface area contributed by atoms with Crippen molar-refractivity contribution in [1.82, 2.24) is 4.90 Å². The zero-order valence-corrected chi connectivity index (χ0v) is 11.1. The van der Waals surface area contributed by atoms with Gasteiger partial charge in [-0.15, -0.1) is 0 Å². The van der Waals surface area contributed by atoms with Gasteiger partial charge in [-0.25, -0.2) is 0 Å². The molecule has 0 bridgehead atoms. The number of fused-ring (bicyclic) bond motifs is 1. The van der Waals surface area contributed by atoms with Gasteiger partial charge in [-0.05, 0) is 12.1 Å². The Labute approximate surface area is 116 Å². The highest BCUT2D eigenvalue weighted by atomic mass is 16.5. The summed E-state index contributed by atoms with van der Waals surface area (Å²) >= 11 is 0. The SMILES string of the molecule is O=C(CN1CCOC(CO)C1)c1cc2ccccc2o1. The van der Waals surface area contributed by atoms with Crippen molar-refractivity contribution in [3.8, 4) is 0 Å². The lowest BCUT2D eigenvalue weighted by atomic mass is 10.2. The maximum atomic E-state index is 12.2. The van der Waals surface area contributed by atoms with Crippen molar-refractivity contribution < 1.29 is 19.1 Å². The van der Waals surface area contributed by atoms with Crippen molar-refractivity contribution >= 4 is 16.8 Å². The molecule has 1 aliphatic rings. The maximum absolute atomic E-state index is 12.2. The first-order chi connectivity index (χ1) is 9.76. The van der Waals surface area contributed by atoms with Crippen LogP contribution in [0.5, 0.6) is 0 Å². The zero-order chi connectivity index (χ0) is 13.9. The Balaban J connectivity index is 1.69. The third-order valence-corrected chi connectivity index (χ3v) is 3.49. The van der Waals surface area contributed by atoms with Crippen molar-refractivity contribution in [2.45, 2.75) is 6.10 Å². The summed E-state index contributed by atoms with van der Waals surface area (Å²) in [5.74, 6) is 0.345. The first kappa shape index (κ1) is 13.3. The van der Waals surface area contributed by atoms with Gasteiger partial charge in [-0.3, -0.25) is 9.69 Å². The van der Waals surface area contributed by atoms with Crippen LogP contribution in [0.25, 0.3) is 11.0 Å². The molecule has 0 spiro atoms. The Bertz CT molecular complexity index is 574. The maximum Gasteiger partial charge on any atom is 0.211 e. The first-order valence-electron chi connectivity index (χ1n) is 6.73. The van der Waals surface area contributed by atoms with Gasteiger partial charge in [0.25, 0.3) is 0 Å². The molecule has 1 fully saturated rings. The molecule has 0 radical (unpaired) electrons. The number of carbonyl (C=O) groups excluding carboxylic acids is 1. The molecule has 106 valence electrons. The minimum atomic E-state index is -0.202. The molecular weight excluding hydrogens is 258 g/mol. The van der Waals surface area contributed by atoms with Crippen LogP contribution in [0.1, 0.15) is 10.6 Å². The van der Waals surface area contributed by atoms with Gasteiger partial charge >= 0.3 is 0 Å². The molecule has 2 heterocycles. The van der Waals surface area contributed by atoms with Gasteiger partial charge < -0.3 is 14.3 Å². The van der Waals surface area contributed by atoms with Crippen molar-refractivity contribution in [3.05, 3.63) is 36.1 Å². The Kier molecular flexibility index (Phi) is 3.82. The highest BCUT2D eigenvalue weighted by molar-refractivity contribution is 5.98. The van der Waals surface area contributed by atoms with E-state index in [0.717, 1.165) is 11.0 Å². The van der Waals surface area contributed by atoms with Gasteiger partial charge in [-0.2, -0.15) is 0 Å². The zero-order valence-electron chi connectivity index (χ0n) is 11.1. The predicted molar refractivity (Wildman–Crippen MR) is 73.8 cm³/mol. The van der Waals surface area contributed by atoms with Crippen LogP contribution in [-0.2, 0) is 4.74 Å². The summed E-state index contributed by atoms with van der Waals surface area (Å²) in [6.07, 6.45) is -0.202. The van der Waals surface area contributed by atoms with Crippen LogP contribution in [0.15, 0.2) is 34.7 Å². The predicted octanol–water partition coefficient (Wildman–Crippen LogP) is 1.31. The molecule has 5 nitrogen and oxygen atoms in total. The molecule has 2 aromatic rings. The summed E-state index contributed by atoms with van der Waals surface area (Å²) in [5, 5.41) is 10.0. The van der Waals surface area contributed by atoms with E-state index in [0.29, 0.717) is 32.0 Å². The molecule has 1 atom stereocenters. The van der Waals surface area contributed by atoms with E-state index >= 15 is 0 Å². The molecule has 1 aliphatic heterocycles. The number of aliphatic hydroxyl groups excluding tert-OH is 1. The number of rotatable bonds is 4. The van der Waals surface area contributed by atoms with Gasteiger partial charge in [0.05, 0.1) is 25.9 Å². The molecule has 1 aromatic heterocycles. The second-order valence-corrected chi connectivity index (χ2v) is 4.98. The van der Waals surface area contributed by atoms with Crippen LogP contribution < -0.4 is 0 Å². The van der Waals surface area contributed by atoms with Crippen molar-refractivity contribution in [3.63, 3.8) is 0 Å². The lowest BCUT2D eigenvalue weighted by Crippen LogP contribution is -2.45. The molecule has 1 saturated heterocycles. The third kappa shape index (κ3) is 2.75. The van der Waals surface area contributed by atoms with Gasteiger partial charge in [0.15, 0.2) is 5.76 Å². The molecule has 0 aliphatic carbocycles. The largest absolute Gasteiger partial charge is 0.453 e. The van der Waals surface area contributed by atoms with E-state index in [2.05, 4.69) is 0 Å². The summed E-state index contributed by atoms with van der Waals surface area (Å²) in [4.78, 5) is 14.2. The van der Waals surface area contributed by atoms with Gasteiger partial charge in [0, 0.05) is 18.5 Å². The Morgan fingerprint density at radius 2 is 2.25 bits per heavy atom. The smallest absolute Gasteiger partial charge is 0.211 e. The van der Waals surface area contributed by atoms with Crippen molar-refractivity contribution in [2.24, 2.45) is 0 Å². The highest BCUT2D eigenvalue weighted by Crippen LogP contribution is 2.19. The summed E-state index contributed by atoms with van der Waals surface area (Å²) < 4.78 is 10.9. The number of hydrogen-bond acceptors (Lipinski definition) is 5. The highest BCUT2D eigenvalue weighted by Gasteiger charge is 2.23. The number of para-hydroxylation sites is 1. The van der Waals surface area contributed by atoms with E-state index in [-0.39, 0.29) is 18.5 Å². The number of ether oxygens (including phenoxy) is 1. The van der Waals surface area contributed by atoms with E-state index < -0.39 is 0 Å². The minimum Gasteiger partial charge on any atom is -0.453 e. The number of ketones is 1. The lowest BCUT2D eigenvalue weighted by molar-refractivity contribution is -0.0504. The van der Waals surface area contributed by atoms with E-state index in [1.807, 2.05) is 29.2 Å². The number of furan rings is 1. The van der Waals surface area contributed by atoms with Crippen LogP contribution in [-0.4, -0.2) is 54.7 Å². The fraction of sp³-hybridized carbons (Fsp3) is 0.400. The summed E-state index contributed by atoms with van der Waals surface area (Å²) in [7, 11) is 0. The molecule has 5 heteroatoms. The average molecular weight is 275 g/mol. The van der Waals surface area contributed by atoms with Crippen LogP contribution in [0.2, 0.25) is 0 Å². The molecule has 0 amide bonds. The number of Topliss-reactive ketones (excluding diaryl/α,β-unsaturated/α-hetero) is 1. The van der Waals surface area contributed by atoms with Crippen LogP contribution >= 0.6 is 0 Å². The fourth-order valence-electron chi connectivity index (χ4n) is 2.43. The number of aliphatic hydroxyl groups is 1. The minimum absolute atomic E-state index is 0.0185. The summed E-state index contributed by atoms with van der Waals surface area (Å²) in [5.41, 5.74) is 0.728. The Morgan fingerprint density at radius 1 is 1.40 bits per heavy atom.